The van der Waals surface area contributed by atoms with E-state index in [4.69, 9.17) is 0 Å². The third-order valence-corrected chi connectivity index (χ3v) is 2.64. The number of carbonyl (C=O) groups is 1. The van der Waals surface area contributed by atoms with Gasteiger partial charge in [-0.3, -0.25) is 10.00 Å². The van der Waals surface area contributed by atoms with Crippen LogP contribution in [0, 0.1) is 6.92 Å². The predicted molar refractivity (Wildman–Crippen MR) is 70.2 cm³/mol. The molecule has 0 saturated heterocycles. The van der Waals surface area contributed by atoms with Crippen molar-refractivity contribution in [2.24, 2.45) is 7.05 Å². The number of anilines is 1. The Hall–Kier alpha value is -2.30. The molecule has 2 rings (SSSR count). The zero-order valence-electron chi connectivity index (χ0n) is 10.5. The van der Waals surface area contributed by atoms with Gasteiger partial charge in [-0.05, 0) is 12.5 Å². The molecule has 0 aliphatic carbocycles. The summed E-state index contributed by atoms with van der Waals surface area (Å²) in [7, 11) is 1.77. The van der Waals surface area contributed by atoms with E-state index in [-0.39, 0.29) is 6.03 Å². The van der Waals surface area contributed by atoms with Crippen LogP contribution in [0.2, 0.25) is 0 Å². The Bertz CT molecular complexity index is 530. The fourth-order valence-corrected chi connectivity index (χ4v) is 1.55. The number of benzene rings is 1. The third kappa shape index (κ3) is 3.10. The predicted octanol–water partition coefficient (Wildman–Crippen LogP) is 2.05. The fourth-order valence-electron chi connectivity index (χ4n) is 1.55. The van der Waals surface area contributed by atoms with Crippen molar-refractivity contribution in [1.82, 2.24) is 15.1 Å². The molecule has 0 bridgehead atoms. The average Bonchev–Trinajstić information content (AvgIpc) is 2.74. The highest BCUT2D eigenvalue weighted by Gasteiger charge is 2.04. The maximum atomic E-state index is 11.6. The first kappa shape index (κ1) is 12.2. The normalized spacial score (nSPS) is 10.1. The number of aryl methyl sites for hydroxylation is 2. The van der Waals surface area contributed by atoms with Gasteiger partial charge in [-0.1, -0.05) is 29.8 Å². The molecule has 2 aromatic rings. The SMILES string of the molecule is Cc1ccc(CNC(=O)Nc2ccnn2C)cc1. The summed E-state index contributed by atoms with van der Waals surface area (Å²) in [4.78, 5) is 11.6. The van der Waals surface area contributed by atoms with Crippen molar-refractivity contribution < 1.29 is 4.79 Å². The van der Waals surface area contributed by atoms with Crippen LogP contribution in [0.5, 0.6) is 0 Å². The number of urea groups is 1. The Morgan fingerprint density at radius 2 is 2.00 bits per heavy atom. The minimum Gasteiger partial charge on any atom is -0.334 e. The van der Waals surface area contributed by atoms with E-state index >= 15 is 0 Å². The zero-order valence-corrected chi connectivity index (χ0v) is 10.5. The van der Waals surface area contributed by atoms with E-state index in [2.05, 4.69) is 15.7 Å². The molecule has 18 heavy (non-hydrogen) atoms. The molecule has 1 aromatic carbocycles. The molecule has 5 heteroatoms. The Morgan fingerprint density at radius 1 is 1.28 bits per heavy atom. The van der Waals surface area contributed by atoms with Crippen LogP contribution >= 0.6 is 0 Å². The molecule has 0 saturated carbocycles. The van der Waals surface area contributed by atoms with Crippen molar-refractivity contribution in [2.45, 2.75) is 13.5 Å². The van der Waals surface area contributed by atoms with Gasteiger partial charge in [-0.2, -0.15) is 5.10 Å². The van der Waals surface area contributed by atoms with Gasteiger partial charge in [0.05, 0.1) is 6.20 Å². The molecule has 0 radical (unpaired) electrons. The number of nitrogens with one attached hydrogen (secondary N) is 2. The molecule has 0 aliphatic heterocycles. The standard InChI is InChI=1S/C13H16N4O/c1-10-3-5-11(6-4-10)9-14-13(18)16-12-7-8-15-17(12)2/h3-8H,9H2,1-2H3,(H2,14,16,18). The lowest BCUT2D eigenvalue weighted by atomic mass is 10.1. The van der Waals surface area contributed by atoms with Crippen molar-refractivity contribution in [1.29, 1.82) is 0 Å². The van der Waals surface area contributed by atoms with E-state index < -0.39 is 0 Å². The van der Waals surface area contributed by atoms with E-state index in [1.807, 2.05) is 31.2 Å². The highest BCUT2D eigenvalue weighted by atomic mass is 16.2. The van der Waals surface area contributed by atoms with Crippen LogP contribution in [0.3, 0.4) is 0 Å². The molecule has 1 aromatic heterocycles. The average molecular weight is 244 g/mol. The summed E-state index contributed by atoms with van der Waals surface area (Å²) < 4.78 is 1.60. The summed E-state index contributed by atoms with van der Waals surface area (Å²) in [5.74, 6) is 0.663. The van der Waals surface area contributed by atoms with Gasteiger partial charge in [0.25, 0.3) is 0 Å². The van der Waals surface area contributed by atoms with Crippen LogP contribution in [-0.2, 0) is 13.6 Å². The van der Waals surface area contributed by atoms with E-state index in [0.717, 1.165) is 5.56 Å². The molecule has 0 spiro atoms. The molecule has 94 valence electrons. The minimum atomic E-state index is -0.237. The number of amides is 2. The summed E-state index contributed by atoms with van der Waals surface area (Å²) >= 11 is 0. The van der Waals surface area contributed by atoms with Crippen LogP contribution in [0.25, 0.3) is 0 Å². The molecule has 2 N–H and O–H groups in total. The number of hydrogen-bond acceptors (Lipinski definition) is 2. The quantitative estimate of drug-likeness (QED) is 0.868. The highest BCUT2D eigenvalue weighted by molar-refractivity contribution is 5.88. The molecule has 2 amide bonds. The maximum Gasteiger partial charge on any atom is 0.320 e. The Balaban J connectivity index is 1.85. The van der Waals surface area contributed by atoms with Crippen molar-refractivity contribution in [2.75, 3.05) is 5.32 Å². The van der Waals surface area contributed by atoms with Gasteiger partial charge in [0.15, 0.2) is 0 Å². The first-order valence-electron chi connectivity index (χ1n) is 5.73. The van der Waals surface area contributed by atoms with E-state index in [0.29, 0.717) is 12.4 Å². The second-order valence-electron chi connectivity index (χ2n) is 4.13. The summed E-state index contributed by atoms with van der Waals surface area (Å²) in [5.41, 5.74) is 2.28. The summed E-state index contributed by atoms with van der Waals surface area (Å²) in [6.07, 6.45) is 1.63. The molecule has 0 fully saturated rings. The lowest BCUT2D eigenvalue weighted by Crippen LogP contribution is -2.29. The summed E-state index contributed by atoms with van der Waals surface area (Å²) in [5, 5.41) is 9.49. The maximum absolute atomic E-state index is 11.6. The van der Waals surface area contributed by atoms with Gasteiger partial charge in [-0.25, -0.2) is 4.79 Å². The highest BCUT2D eigenvalue weighted by Crippen LogP contribution is 2.04. The largest absolute Gasteiger partial charge is 0.334 e. The molecular weight excluding hydrogens is 228 g/mol. The number of carbonyl (C=O) groups excluding carboxylic acids is 1. The Labute approximate surface area is 106 Å². The van der Waals surface area contributed by atoms with Gasteiger partial charge >= 0.3 is 6.03 Å². The smallest absolute Gasteiger partial charge is 0.320 e. The van der Waals surface area contributed by atoms with E-state index in [1.54, 1.807) is 24.0 Å². The van der Waals surface area contributed by atoms with Crippen LogP contribution in [0.4, 0.5) is 10.6 Å². The van der Waals surface area contributed by atoms with Crippen LogP contribution in [0.1, 0.15) is 11.1 Å². The monoisotopic (exact) mass is 244 g/mol. The number of hydrogen-bond donors (Lipinski definition) is 2. The molecule has 0 unspecified atom stereocenters. The molecule has 5 nitrogen and oxygen atoms in total. The van der Waals surface area contributed by atoms with Gasteiger partial charge in [0, 0.05) is 19.7 Å². The van der Waals surface area contributed by atoms with Gasteiger partial charge < -0.3 is 5.32 Å². The van der Waals surface area contributed by atoms with E-state index in [9.17, 15) is 4.79 Å². The summed E-state index contributed by atoms with van der Waals surface area (Å²) in [6, 6.07) is 9.55. The lowest BCUT2D eigenvalue weighted by molar-refractivity contribution is 0.251. The van der Waals surface area contributed by atoms with E-state index in [1.165, 1.54) is 5.56 Å². The Kier molecular flexibility index (Phi) is 3.62. The summed E-state index contributed by atoms with van der Waals surface area (Å²) in [6.45, 7) is 2.54. The van der Waals surface area contributed by atoms with Crippen molar-refractivity contribution in [3.63, 3.8) is 0 Å². The third-order valence-electron chi connectivity index (χ3n) is 2.64. The number of nitrogens with zero attached hydrogens (tertiary/aromatic N) is 2. The van der Waals surface area contributed by atoms with Crippen molar-refractivity contribution >= 4 is 11.8 Å². The van der Waals surface area contributed by atoms with Gasteiger partial charge in [0.1, 0.15) is 5.82 Å². The topological polar surface area (TPSA) is 59.0 Å². The second kappa shape index (κ2) is 5.35. The van der Waals surface area contributed by atoms with Crippen molar-refractivity contribution in [3.8, 4) is 0 Å². The van der Waals surface area contributed by atoms with Crippen LogP contribution in [0.15, 0.2) is 36.5 Å². The van der Waals surface area contributed by atoms with Crippen LogP contribution in [-0.4, -0.2) is 15.8 Å². The molecule has 0 atom stereocenters. The van der Waals surface area contributed by atoms with Gasteiger partial charge in [-0.15, -0.1) is 0 Å². The number of rotatable bonds is 3. The molecule has 0 aliphatic rings. The van der Waals surface area contributed by atoms with Gasteiger partial charge in [0.2, 0.25) is 0 Å². The van der Waals surface area contributed by atoms with Crippen molar-refractivity contribution in [3.05, 3.63) is 47.7 Å². The Morgan fingerprint density at radius 3 is 2.61 bits per heavy atom. The lowest BCUT2D eigenvalue weighted by Gasteiger charge is -2.07. The first-order valence-corrected chi connectivity index (χ1v) is 5.73. The molecule has 1 heterocycles. The van der Waals surface area contributed by atoms with Crippen LogP contribution < -0.4 is 10.6 Å². The first-order chi connectivity index (χ1) is 8.65. The fraction of sp³-hybridized carbons (Fsp3) is 0.231. The minimum absolute atomic E-state index is 0.237. The second-order valence-corrected chi connectivity index (χ2v) is 4.13. The number of aromatic nitrogens is 2. The zero-order chi connectivity index (χ0) is 13.0. The molecular formula is C13H16N4O.